The van der Waals surface area contributed by atoms with Crippen molar-refractivity contribution in [2.75, 3.05) is 32.8 Å². The van der Waals surface area contributed by atoms with E-state index in [4.69, 9.17) is 30.5 Å². The lowest BCUT2D eigenvalue weighted by molar-refractivity contribution is -0.385. The number of hydrogen-bond donors (Lipinski definition) is 2. The Morgan fingerprint density at radius 1 is 0.912 bits per heavy atom. The van der Waals surface area contributed by atoms with E-state index in [1.807, 2.05) is 5.32 Å². The van der Waals surface area contributed by atoms with Gasteiger partial charge in [-0.3, -0.25) is 15.4 Å². The molecule has 0 aliphatic rings. The number of ether oxygens (including phenoxy) is 5. The Balaban J connectivity index is 0.000000307. The third-order valence-electron chi connectivity index (χ3n) is 6.38. The molecule has 0 bridgehead atoms. The third-order valence-corrected chi connectivity index (χ3v) is 7.96. The Hall–Kier alpha value is -6.50. The molecule has 0 aliphatic carbocycles. The second-order valence-corrected chi connectivity index (χ2v) is 12.3. The van der Waals surface area contributed by atoms with E-state index in [9.17, 15) is 59.3 Å². The van der Waals surface area contributed by atoms with E-state index in [0.717, 1.165) is 42.6 Å². The number of esters is 2. The summed E-state index contributed by atoms with van der Waals surface area (Å²) >= 11 is 5.81. The number of anilines is 1. The number of aromatic nitrogens is 3. The highest BCUT2D eigenvalue weighted by Crippen LogP contribution is 2.37. The first-order valence-corrected chi connectivity index (χ1v) is 16.9. The number of nitro benzene ring substituents is 1. The molecule has 2 aromatic carbocycles. The summed E-state index contributed by atoms with van der Waals surface area (Å²) in [5.74, 6) is -2.78. The summed E-state index contributed by atoms with van der Waals surface area (Å²) in [6, 6.07) is 6.66. The van der Waals surface area contributed by atoms with Gasteiger partial charge in [0.15, 0.2) is 11.6 Å². The van der Waals surface area contributed by atoms with E-state index in [-0.39, 0.29) is 34.9 Å². The molecule has 57 heavy (non-hydrogen) atoms. The van der Waals surface area contributed by atoms with Crippen molar-refractivity contribution in [3.63, 3.8) is 0 Å². The van der Waals surface area contributed by atoms with E-state index in [0.29, 0.717) is 12.1 Å². The zero-order chi connectivity index (χ0) is 42.7. The zero-order valence-electron chi connectivity index (χ0n) is 28.9. The van der Waals surface area contributed by atoms with Gasteiger partial charge in [0.2, 0.25) is 17.7 Å². The number of amides is 2. The number of methoxy groups -OCH3 is 2. The molecule has 2 aromatic heterocycles. The minimum Gasteiger partial charge on any atom is -0.481 e. The summed E-state index contributed by atoms with van der Waals surface area (Å²) in [7, 11) is -2.39. The van der Waals surface area contributed by atoms with Crippen LogP contribution in [0.25, 0.3) is 0 Å². The summed E-state index contributed by atoms with van der Waals surface area (Å²) in [5, 5.41) is 11.4. The quantitative estimate of drug-likeness (QED) is 0.0699. The van der Waals surface area contributed by atoms with Crippen LogP contribution in [-0.4, -0.2) is 73.7 Å². The van der Waals surface area contributed by atoms with E-state index in [2.05, 4.69) is 19.7 Å². The number of nitro groups is 1. The smallest absolute Gasteiger partial charge is 0.419 e. The number of pyridine rings is 1. The number of halogens is 7. The molecule has 4 aromatic rings. The van der Waals surface area contributed by atoms with E-state index < -0.39 is 85.2 Å². The zero-order valence-corrected chi connectivity index (χ0v) is 30.5. The fraction of sp³-hybridized carbons (Fsp3) is 0.226. The van der Waals surface area contributed by atoms with Crippen LogP contribution in [0.5, 0.6) is 23.3 Å². The van der Waals surface area contributed by atoms with Gasteiger partial charge in [0.05, 0.1) is 48.0 Å². The molecule has 2 amide bonds. The van der Waals surface area contributed by atoms with Gasteiger partial charge in [-0.2, -0.15) is 44.7 Å². The van der Waals surface area contributed by atoms with Crippen LogP contribution in [0.15, 0.2) is 65.8 Å². The number of rotatable bonds is 12. The van der Waals surface area contributed by atoms with Gasteiger partial charge in [0.25, 0.3) is 15.7 Å². The average Bonchev–Trinajstić information content (AvgIpc) is 3.13. The highest BCUT2D eigenvalue weighted by Gasteiger charge is 2.39. The molecule has 2 N–H and O–H groups in total. The SMILES string of the molecule is CCOC(=O)COC(=O)c1cc(Oc2ccc(C(F)(F)F)cc2Cl)ccc1[N+](=O)[O-].COc1cc(OC)nc(NC(=O)NS(=O)(=O)c2ncccc2C(F)(F)F)n1. The molecule has 306 valence electrons. The van der Waals surface area contributed by atoms with Crippen molar-refractivity contribution in [1.82, 2.24) is 19.7 Å². The van der Waals surface area contributed by atoms with Crippen LogP contribution in [0.2, 0.25) is 5.02 Å². The van der Waals surface area contributed by atoms with Crippen molar-refractivity contribution < 1.29 is 77.8 Å². The van der Waals surface area contributed by atoms with Crippen LogP contribution in [0.3, 0.4) is 0 Å². The molecule has 0 radical (unpaired) electrons. The molecule has 0 unspecified atom stereocenters. The number of nitrogens with one attached hydrogen (secondary N) is 2. The predicted octanol–water partition coefficient (Wildman–Crippen LogP) is 6.20. The fourth-order valence-corrected chi connectivity index (χ4v) is 5.26. The van der Waals surface area contributed by atoms with Crippen molar-refractivity contribution in [2.45, 2.75) is 24.3 Å². The molecule has 0 saturated carbocycles. The van der Waals surface area contributed by atoms with Crippen LogP contribution in [-0.2, 0) is 36.6 Å². The monoisotopic (exact) mass is 854 g/mol. The predicted molar refractivity (Wildman–Crippen MR) is 180 cm³/mol. The van der Waals surface area contributed by atoms with Gasteiger partial charge < -0.3 is 23.7 Å². The van der Waals surface area contributed by atoms with Gasteiger partial charge in [0.1, 0.15) is 17.1 Å². The van der Waals surface area contributed by atoms with Crippen molar-refractivity contribution in [1.29, 1.82) is 0 Å². The Labute approximate surface area is 321 Å². The van der Waals surface area contributed by atoms with Crippen LogP contribution in [0.4, 0.5) is 42.8 Å². The summed E-state index contributed by atoms with van der Waals surface area (Å²) < 4.78 is 127. The molecule has 4 rings (SSSR count). The molecule has 0 fully saturated rings. The normalized spacial score (nSPS) is 11.3. The Morgan fingerprint density at radius 2 is 1.56 bits per heavy atom. The fourth-order valence-electron chi connectivity index (χ4n) is 3.98. The first kappa shape index (κ1) is 44.9. The van der Waals surface area contributed by atoms with E-state index in [1.54, 1.807) is 0 Å². The topological polar surface area (TPSA) is 237 Å². The molecule has 0 aliphatic heterocycles. The number of sulfonamides is 1. The van der Waals surface area contributed by atoms with Gasteiger partial charge >= 0.3 is 30.3 Å². The lowest BCUT2D eigenvalue weighted by atomic mass is 10.1. The number of hydrogen-bond acceptors (Lipinski definition) is 15. The molecule has 0 spiro atoms. The second-order valence-electron chi connectivity index (χ2n) is 10.3. The summed E-state index contributed by atoms with van der Waals surface area (Å²) in [6.07, 6.45) is -8.75. The van der Waals surface area contributed by atoms with Gasteiger partial charge in [-0.15, -0.1) is 0 Å². The Morgan fingerprint density at radius 3 is 2.11 bits per heavy atom. The summed E-state index contributed by atoms with van der Waals surface area (Å²) in [6.45, 7) is 0.825. The lowest BCUT2D eigenvalue weighted by Crippen LogP contribution is -2.36. The number of benzene rings is 2. The van der Waals surface area contributed by atoms with Crippen molar-refractivity contribution >= 4 is 51.2 Å². The molecule has 18 nitrogen and oxygen atoms in total. The molecule has 0 atom stereocenters. The van der Waals surface area contributed by atoms with E-state index in [1.165, 1.54) is 31.9 Å². The summed E-state index contributed by atoms with van der Waals surface area (Å²) in [4.78, 5) is 56.3. The lowest BCUT2D eigenvalue weighted by Gasteiger charge is -2.13. The van der Waals surface area contributed by atoms with Crippen molar-refractivity contribution in [2.24, 2.45) is 0 Å². The average molecular weight is 855 g/mol. The minimum absolute atomic E-state index is 0.0101. The maximum Gasteiger partial charge on any atom is 0.419 e. The Kier molecular flexibility index (Phi) is 14.9. The number of nitrogens with zero attached hydrogens (tertiary/aromatic N) is 4. The van der Waals surface area contributed by atoms with Gasteiger partial charge in [-0.05, 0) is 43.3 Å². The molecule has 2 heterocycles. The van der Waals surface area contributed by atoms with Crippen molar-refractivity contribution in [3.05, 3.63) is 92.6 Å². The van der Waals surface area contributed by atoms with Crippen molar-refractivity contribution in [3.8, 4) is 23.3 Å². The Bertz CT molecular complexity index is 2220. The first-order valence-electron chi connectivity index (χ1n) is 15.1. The number of alkyl halides is 6. The van der Waals surface area contributed by atoms with Crippen LogP contribution < -0.4 is 24.2 Å². The minimum atomic E-state index is -4.99. The van der Waals surface area contributed by atoms with E-state index >= 15 is 0 Å². The number of carbonyl (C=O) groups is 3. The molecular formula is C31H25ClF6N6O12S. The maximum atomic E-state index is 12.9. The van der Waals surface area contributed by atoms with Gasteiger partial charge in [-0.1, -0.05) is 11.6 Å². The second kappa shape index (κ2) is 18.9. The standard InChI is InChI=1S/C18H13ClF3NO7.C13H12F3N5O5S/c1-2-28-16(24)9-29-17(25)12-8-11(4-5-14(12)23(26)27)30-15-6-3-10(7-13(15)19)18(20,21)22;1-25-8-6-9(26-2)19-11(18-8)20-12(22)21-27(23,24)10-7(13(14,15)16)4-3-5-17-10/h3-8H,2,9H2,1H3;3-6H,1-2H3,(H2,18,19,20,21,22). The first-order chi connectivity index (χ1) is 26.6. The van der Waals surface area contributed by atoms with Gasteiger partial charge in [0, 0.05) is 18.3 Å². The molecule has 26 heteroatoms. The molecular weight excluding hydrogens is 830 g/mol. The third kappa shape index (κ3) is 12.8. The number of urea groups is 1. The number of carbonyl (C=O) groups excluding carboxylic acids is 3. The highest BCUT2D eigenvalue weighted by molar-refractivity contribution is 7.90. The largest absolute Gasteiger partial charge is 0.481 e. The van der Waals surface area contributed by atoms with Crippen LogP contribution in [0, 0.1) is 10.1 Å². The van der Waals surface area contributed by atoms with Crippen LogP contribution >= 0.6 is 11.6 Å². The summed E-state index contributed by atoms with van der Waals surface area (Å²) in [5.41, 5.74) is -3.68. The van der Waals surface area contributed by atoms with Gasteiger partial charge in [-0.25, -0.2) is 24.1 Å². The highest BCUT2D eigenvalue weighted by atomic mass is 35.5. The maximum absolute atomic E-state index is 12.9. The van der Waals surface area contributed by atoms with Crippen LogP contribution in [0.1, 0.15) is 28.4 Å². The molecule has 0 saturated heterocycles.